The molecular weight excluding hydrogens is 487 g/mol. The van der Waals surface area contributed by atoms with E-state index in [2.05, 4.69) is 10.6 Å². The van der Waals surface area contributed by atoms with Gasteiger partial charge in [0.1, 0.15) is 31.4 Å². The topological polar surface area (TPSA) is 95.6 Å². The molecule has 14 heteroatoms. The largest absolute Gasteiger partial charge is 0.352 e. The van der Waals surface area contributed by atoms with Gasteiger partial charge in [0.15, 0.2) is 0 Å². The number of imide groups is 1. The quantitative estimate of drug-likeness (QED) is 0.383. The molecule has 2 aliphatic heterocycles. The van der Waals surface area contributed by atoms with Crippen molar-refractivity contribution >= 4 is 66.6 Å². The van der Waals surface area contributed by atoms with Gasteiger partial charge in [0, 0.05) is 35.1 Å². The molecule has 2 heterocycles. The molecule has 0 spiro atoms. The predicted octanol–water partition coefficient (Wildman–Crippen LogP) is -1.41. The van der Waals surface area contributed by atoms with Gasteiger partial charge in [0.05, 0.1) is 5.44 Å². The second-order valence-electron chi connectivity index (χ2n) is 10.1. The molecule has 0 radical (unpaired) electrons. The Morgan fingerprint density at radius 3 is 2.36 bits per heavy atom. The van der Waals surface area contributed by atoms with Crippen LogP contribution < -0.4 is 10.6 Å². The van der Waals surface area contributed by atoms with Gasteiger partial charge in [-0.15, -0.1) is 0 Å². The summed E-state index contributed by atoms with van der Waals surface area (Å²) in [6.07, 6.45) is 0.0749. The molecule has 2 aromatic rings. The summed E-state index contributed by atoms with van der Waals surface area (Å²) >= 11 is 5.75. The summed E-state index contributed by atoms with van der Waals surface area (Å²) in [5.41, 5.74) is -0.254. The highest BCUT2D eigenvalue weighted by Crippen LogP contribution is 2.44. The third kappa shape index (κ3) is 4.13. The van der Waals surface area contributed by atoms with Crippen LogP contribution in [0.5, 0.6) is 0 Å². The average Bonchev–Trinajstić information content (AvgIpc) is 3.13. The van der Waals surface area contributed by atoms with Crippen LogP contribution in [0.1, 0.15) is 39.4 Å². The minimum Gasteiger partial charge on any atom is -0.352 e. The number of benzene rings is 2. The maximum Gasteiger partial charge on any atom is 0.349 e. The van der Waals surface area contributed by atoms with Crippen molar-refractivity contribution in [3.05, 3.63) is 69.7 Å². The summed E-state index contributed by atoms with van der Waals surface area (Å²) < 4.78 is 29.4. The van der Waals surface area contributed by atoms with Crippen molar-refractivity contribution in [1.82, 2.24) is 15.5 Å². The molecule has 1 unspecified atom stereocenters. The number of halogens is 3. The first-order chi connectivity index (χ1) is 16.7. The number of nitrogens with zero attached hydrogens (tertiary/aromatic N) is 1. The molecular formula is C22H22B4ClF2N3O4. The first kappa shape index (κ1) is 26.0. The van der Waals surface area contributed by atoms with E-state index in [0.29, 0.717) is 16.7 Å². The molecule has 36 heavy (non-hydrogen) atoms. The SMILES string of the molecule is BC(NC(=O)C(F)(F)c1ccc(Cl)cc1)c1ccc2c(c1)CN([C@]1(B)C(=O)NC(=O)CC1(B)B)C2=O. The predicted molar refractivity (Wildman–Crippen MR) is 140 cm³/mol. The van der Waals surface area contributed by atoms with Crippen molar-refractivity contribution < 1.29 is 28.0 Å². The van der Waals surface area contributed by atoms with Crippen LogP contribution in [0.25, 0.3) is 0 Å². The number of fused-ring (bicyclic) bond motifs is 1. The highest BCUT2D eigenvalue weighted by molar-refractivity contribution is 6.52. The van der Waals surface area contributed by atoms with Gasteiger partial charge in [0.2, 0.25) is 11.8 Å². The zero-order valence-corrected chi connectivity index (χ0v) is 21.0. The monoisotopic (exact) mass is 509 g/mol. The number of alkyl halides is 2. The van der Waals surface area contributed by atoms with Crippen molar-refractivity contribution in [1.29, 1.82) is 0 Å². The summed E-state index contributed by atoms with van der Waals surface area (Å²) in [6, 6.07) is 9.59. The van der Waals surface area contributed by atoms with Crippen molar-refractivity contribution in [2.75, 3.05) is 0 Å². The molecule has 0 saturated carbocycles. The molecule has 182 valence electrons. The van der Waals surface area contributed by atoms with E-state index < -0.39 is 45.8 Å². The van der Waals surface area contributed by atoms with Gasteiger partial charge >= 0.3 is 5.92 Å². The van der Waals surface area contributed by atoms with Crippen molar-refractivity contribution in [2.24, 2.45) is 0 Å². The first-order valence-electron chi connectivity index (χ1n) is 11.4. The minimum atomic E-state index is -3.77. The summed E-state index contributed by atoms with van der Waals surface area (Å²) in [4.78, 5) is 52.0. The number of amides is 4. The van der Waals surface area contributed by atoms with Crippen LogP contribution in [-0.4, -0.2) is 65.4 Å². The van der Waals surface area contributed by atoms with E-state index in [4.69, 9.17) is 11.6 Å². The maximum absolute atomic E-state index is 14.7. The molecule has 1 fully saturated rings. The summed E-state index contributed by atoms with van der Waals surface area (Å²) in [7, 11) is 6.74. The Morgan fingerprint density at radius 1 is 1.11 bits per heavy atom. The van der Waals surface area contributed by atoms with Gasteiger partial charge in [-0.3, -0.25) is 24.5 Å². The zero-order valence-electron chi connectivity index (χ0n) is 20.2. The van der Waals surface area contributed by atoms with Gasteiger partial charge < -0.3 is 10.2 Å². The second kappa shape index (κ2) is 8.80. The van der Waals surface area contributed by atoms with Crippen molar-refractivity contribution in [2.45, 2.75) is 35.5 Å². The molecule has 2 aromatic carbocycles. The number of piperidine rings is 1. The molecule has 7 nitrogen and oxygen atoms in total. The lowest BCUT2D eigenvalue weighted by molar-refractivity contribution is -0.147. The van der Waals surface area contributed by atoms with E-state index in [0.717, 1.165) is 12.1 Å². The van der Waals surface area contributed by atoms with Crippen LogP contribution in [0.2, 0.25) is 10.2 Å². The summed E-state index contributed by atoms with van der Waals surface area (Å²) in [5, 5.41) is 4.13. The lowest BCUT2D eigenvalue weighted by Crippen LogP contribution is -2.70. The van der Waals surface area contributed by atoms with E-state index in [9.17, 15) is 28.0 Å². The number of carbonyl (C=O) groups is 4. The number of hydrogen-bond donors (Lipinski definition) is 2. The van der Waals surface area contributed by atoms with Crippen LogP contribution in [0.15, 0.2) is 42.5 Å². The van der Waals surface area contributed by atoms with Gasteiger partial charge in [0.25, 0.3) is 11.8 Å². The Labute approximate surface area is 215 Å². The van der Waals surface area contributed by atoms with Crippen LogP contribution in [0.3, 0.4) is 0 Å². The zero-order chi connectivity index (χ0) is 26.6. The molecule has 2 atom stereocenters. The Bertz CT molecular complexity index is 1290. The molecule has 2 aliphatic rings. The number of rotatable bonds is 5. The fourth-order valence-electron chi connectivity index (χ4n) is 4.79. The highest BCUT2D eigenvalue weighted by atomic mass is 35.5. The summed E-state index contributed by atoms with van der Waals surface area (Å²) in [6.45, 7) is 0.102. The number of hydrogen-bond acceptors (Lipinski definition) is 4. The fourth-order valence-corrected chi connectivity index (χ4v) is 4.92. The number of nitrogens with one attached hydrogen (secondary N) is 2. The smallest absolute Gasteiger partial charge is 0.349 e. The molecule has 0 aliphatic carbocycles. The Morgan fingerprint density at radius 2 is 1.75 bits per heavy atom. The van der Waals surface area contributed by atoms with Gasteiger partial charge in [-0.05, 0) is 29.3 Å². The van der Waals surface area contributed by atoms with Gasteiger partial charge in [-0.25, -0.2) is 0 Å². The van der Waals surface area contributed by atoms with E-state index >= 15 is 0 Å². The van der Waals surface area contributed by atoms with Crippen LogP contribution in [0, 0.1) is 0 Å². The van der Waals surface area contributed by atoms with Gasteiger partial charge in [-0.1, -0.05) is 41.1 Å². The number of carbonyl (C=O) groups excluding carboxylic acids is 4. The molecule has 4 amide bonds. The van der Waals surface area contributed by atoms with Crippen molar-refractivity contribution in [3.63, 3.8) is 0 Å². The third-order valence-corrected chi connectivity index (χ3v) is 7.68. The third-order valence-electron chi connectivity index (χ3n) is 7.43. The Kier molecular flexibility index (Phi) is 6.35. The Balaban J connectivity index is 1.55. The normalized spacial score (nSPS) is 22.1. The van der Waals surface area contributed by atoms with Crippen LogP contribution in [0.4, 0.5) is 8.78 Å². The maximum atomic E-state index is 14.7. The average molecular weight is 509 g/mol. The summed E-state index contributed by atoms with van der Waals surface area (Å²) in [5.74, 6) is -7.32. The van der Waals surface area contributed by atoms with E-state index in [-0.39, 0.29) is 23.9 Å². The Hall–Kier alpha value is -3.07. The van der Waals surface area contributed by atoms with E-state index in [1.807, 2.05) is 0 Å². The second-order valence-corrected chi connectivity index (χ2v) is 10.5. The lowest BCUT2D eigenvalue weighted by Gasteiger charge is -2.51. The van der Waals surface area contributed by atoms with E-state index in [1.54, 1.807) is 49.6 Å². The van der Waals surface area contributed by atoms with Crippen LogP contribution in [-0.2, 0) is 26.9 Å². The molecule has 4 rings (SSSR count). The standard InChI is InChI=1S/C22H22B4ClF2N3O4/c23-16(31-18(35)21(28,29)12-2-4-13(27)5-3-12)10-1-6-14-11(7-10)9-32(17(14)34)22(26)19(36)30-15(33)8-20(22,24)25/h1-7,16H,8-9,23-26H2,(H,31,35)(H,30,33,36)/t16?,22-/m1/s1. The van der Waals surface area contributed by atoms with Crippen molar-refractivity contribution in [3.8, 4) is 0 Å². The van der Waals surface area contributed by atoms with Crippen LogP contribution >= 0.6 is 11.6 Å². The first-order valence-corrected chi connectivity index (χ1v) is 11.8. The minimum absolute atomic E-state index is 0.0749. The fraction of sp³-hybridized carbons (Fsp3) is 0.273. The molecule has 1 saturated heterocycles. The molecule has 0 aromatic heterocycles. The van der Waals surface area contributed by atoms with E-state index in [1.165, 1.54) is 17.0 Å². The molecule has 2 N–H and O–H groups in total. The van der Waals surface area contributed by atoms with Gasteiger partial charge in [-0.2, -0.15) is 8.78 Å². The molecule has 0 bridgehead atoms. The lowest BCUT2D eigenvalue weighted by atomic mass is 9.36. The highest BCUT2D eigenvalue weighted by Gasteiger charge is 2.57.